The van der Waals surface area contributed by atoms with E-state index in [1.165, 1.54) is 11.1 Å². The minimum Gasteiger partial charge on any atom is -0.335 e. The topological polar surface area (TPSA) is 75.5 Å². The van der Waals surface area contributed by atoms with Gasteiger partial charge in [-0.2, -0.15) is 5.10 Å². The van der Waals surface area contributed by atoms with E-state index in [1.807, 2.05) is 35.2 Å². The molecule has 0 unspecified atom stereocenters. The number of benzene rings is 2. The maximum absolute atomic E-state index is 13.4. The molecule has 2 fully saturated rings. The molecule has 2 saturated heterocycles. The first kappa shape index (κ1) is 23.8. The predicted octanol–water partition coefficient (Wildman–Crippen LogP) is 3.48. The highest BCUT2D eigenvalue weighted by atomic mass is 32.2. The fourth-order valence-electron chi connectivity index (χ4n) is 4.97. The number of sulfone groups is 1. The number of aromatic nitrogens is 2. The molecule has 5 rings (SSSR count). The van der Waals surface area contributed by atoms with Crippen LogP contribution in [0.1, 0.15) is 39.6 Å². The van der Waals surface area contributed by atoms with Crippen LogP contribution in [0.25, 0.3) is 11.3 Å². The maximum atomic E-state index is 13.4. The number of carbonyl (C=O) groups is 1. The van der Waals surface area contributed by atoms with E-state index in [9.17, 15) is 13.2 Å². The Bertz CT molecular complexity index is 1330. The molecule has 2 aliphatic heterocycles. The van der Waals surface area contributed by atoms with Crippen molar-refractivity contribution in [2.75, 3.05) is 37.7 Å². The molecule has 1 amide bonds. The predicted molar refractivity (Wildman–Crippen MR) is 137 cm³/mol. The van der Waals surface area contributed by atoms with Crippen molar-refractivity contribution in [2.24, 2.45) is 0 Å². The summed E-state index contributed by atoms with van der Waals surface area (Å²) in [5, 5.41) is 4.70. The van der Waals surface area contributed by atoms with Crippen molar-refractivity contribution >= 4 is 15.7 Å². The molecular weight excluding hydrogens is 460 g/mol. The van der Waals surface area contributed by atoms with E-state index >= 15 is 0 Å². The third-order valence-electron chi connectivity index (χ3n) is 7.22. The van der Waals surface area contributed by atoms with Crippen molar-refractivity contribution in [2.45, 2.75) is 32.9 Å². The van der Waals surface area contributed by atoms with Gasteiger partial charge in [-0.3, -0.25) is 14.4 Å². The van der Waals surface area contributed by atoms with E-state index in [-0.39, 0.29) is 23.5 Å². The first-order valence-corrected chi connectivity index (χ1v) is 14.0. The number of amides is 1. The lowest BCUT2D eigenvalue weighted by atomic mass is 10.0. The normalized spacial score (nSPS) is 20.3. The zero-order valence-corrected chi connectivity index (χ0v) is 21.2. The van der Waals surface area contributed by atoms with E-state index < -0.39 is 9.84 Å². The van der Waals surface area contributed by atoms with Gasteiger partial charge in [0.1, 0.15) is 0 Å². The van der Waals surface area contributed by atoms with E-state index in [4.69, 9.17) is 5.10 Å². The number of nitrogens with zero attached hydrogens (tertiary/aromatic N) is 4. The number of rotatable bonds is 5. The largest absolute Gasteiger partial charge is 0.335 e. The van der Waals surface area contributed by atoms with Crippen LogP contribution in [0.4, 0.5) is 0 Å². The number of piperazine rings is 1. The van der Waals surface area contributed by atoms with Gasteiger partial charge in [-0.25, -0.2) is 8.42 Å². The molecule has 1 atom stereocenters. The lowest BCUT2D eigenvalue weighted by Crippen LogP contribution is -2.48. The van der Waals surface area contributed by atoms with Gasteiger partial charge in [-0.05, 0) is 49.1 Å². The summed E-state index contributed by atoms with van der Waals surface area (Å²) < 4.78 is 26.2. The van der Waals surface area contributed by atoms with Crippen molar-refractivity contribution in [3.63, 3.8) is 0 Å². The standard InChI is InChI=1S/C27H32N4O3S/c1-20-8-9-23(16-21(20)2)26-17-25(28-31(26)24-10-15-35(33,34)19-24)27(32)30-13-11-29(12-14-30)18-22-6-4-3-5-7-22/h3-9,16-17,24H,10-15,18-19H2,1-2H3/t24-/m1/s1. The van der Waals surface area contributed by atoms with Gasteiger partial charge < -0.3 is 4.90 Å². The summed E-state index contributed by atoms with van der Waals surface area (Å²) >= 11 is 0. The third-order valence-corrected chi connectivity index (χ3v) is 8.97. The highest BCUT2D eigenvalue weighted by Crippen LogP contribution is 2.31. The van der Waals surface area contributed by atoms with Crippen molar-refractivity contribution in [3.8, 4) is 11.3 Å². The van der Waals surface area contributed by atoms with Crippen LogP contribution < -0.4 is 0 Å². The average Bonchev–Trinajstić information content (AvgIpc) is 3.45. The van der Waals surface area contributed by atoms with Crippen molar-refractivity contribution < 1.29 is 13.2 Å². The van der Waals surface area contributed by atoms with E-state index in [0.29, 0.717) is 25.2 Å². The zero-order valence-electron chi connectivity index (χ0n) is 20.4. The van der Waals surface area contributed by atoms with Crippen LogP contribution in [-0.2, 0) is 16.4 Å². The summed E-state index contributed by atoms with van der Waals surface area (Å²) in [5.74, 6) is 0.142. The molecule has 184 valence electrons. The quantitative estimate of drug-likeness (QED) is 0.545. The van der Waals surface area contributed by atoms with Gasteiger partial charge in [0.05, 0.1) is 23.2 Å². The highest BCUT2D eigenvalue weighted by Gasteiger charge is 2.33. The third kappa shape index (κ3) is 5.18. The Labute approximate surface area is 207 Å². The number of aryl methyl sites for hydroxylation is 2. The molecule has 0 bridgehead atoms. The first-order valence-electron chi connectivity index (χ1n) is 12.2. The first-order chi connectivity index (χ1) is 16.8. The molecule has 7 nitrogen and oxygen atoms in total. The monoisotopic (exact) mass is 492 g/mol. The van der Waals surface area contributed by atoms with Crippen LogP contribution in [0.15, 0.2) is 54.6 Å². The number of hydrogen-bond acceptors (Lipinski definition) is 5. The van der Waals surface area contributed by atoms with Gasteiger partial charge in [-0.15, -0.1) is 0 Å². The fraction of sp³-hybridized carbons (Fsp3) is 0.407. The minimum atomic E-state index is -3.08. The molecule has 0 spiro atoms. The van der Waals surface area contributed by atoms with Gasteiger partial charge in [0.15, 0.2) is 15.5 Å². The van der Waals surface area contributed by atoms with Gasteiger partial charge in [0.2, 0.25) is 0 Å². The molecule has 8 heteroatoms. The van der Waals surface area contributed by atoms with Crippen LogP contribution >= 0.6 is 0 Å². The Hall–Kier alpha value is -2.97. The maximum Gasteiger partial charge on any atom is 0.274 e. The van der Waals surface area contributed by atoms with E-state index in [2.05, 4.69) is 43.0 Å². The van der Waals surface area contributed by atoms with Gasteiger partial charge in [0.25, 0.3) is 5.91 Å². The number of carbonyl (C=O) groups excluding carboxylic acids is 1. The highest BCUT2D eigenvalue weighted by molar-refractivity contribution is 7.91. The molecule has 0 radical (unpaired) electrons. The van der Waals surface area contributed by atoms with Crippen LogP contribution in [-0.4, -0.2) is 71.6 Å². The van der Waals surface area contributed by atoms with Crippen LogP contribution in [0, 0.1) is 13.8 Å². The van der Waals surface area contributed by atoms with Gasteiger partial charge in [-0.1, -0.05) is 42.5 Å². The summed E-state index contributed by atoms with van der Waals surface area (Å²) in [7, 11) is -3.08. The van der Waals surface area contributed by atoms with E-state index in [0.717, 1.165) is 36.5 Å². The Morgan fingerprint density at radius 2 is 1.71 bits per heavy atom. The molecule has 0 N–H and O–H groups in total. The summed E-state index contributed by atoms with van der Waals surface area (Å²) in [6.45, 7) is 7.92. The lowest BCUT2D eigenvalue weighted by Gasteiger charge is -2.34. The summed E-state index contributed by atoms with van der Waals surface area (Å²) in [6.07, 6.45) is 0.521. The van der Waals surface area contributed by atoms with Gasteiger partial charge >= 0.3 is 0 Å². The smallest absolute Gasteiger partial charge is 0.274 e. The molecule has 3 aromatic rings. The molecule has 0 aliphatic carbocycles. The molecule has 3 heterocycles. The summed E-state index contributed by atoms with van der Waals surface area (Å²) in [4.78, 5) is 17.7. The fourth-order valence-corrected chi connectivity index (χ4v) is 6.67. The Kier molecular flexibility index (Phi) is 6.51. The molecule has 2 aromatic carbocycles. The molecule has 1 aromatic heterocycles. The molecule has 0 saturated carbocycles. The number of hydrogen-bond donors (Lipinski definition) is 0. The Morgan fingerprint density at radius 1 is 0.971 bits per heavy atom. The average molecular weight is 493 g/mol. The summed E-state index contributed by atoms with van der Waals surface area (Å²) in [5.41, 5.74) is 5.76. The zero-order chi connectivity index (χ0) is 24.6. The molecular formula is C27H32N4O3S. The van der Waals surface area contributed by atoms with Crippen LogP contribution in [0.5, 0.6) is 0 Å². The van der Waals surface area contributed by atoms with Gasteiger partial charge in [0, 0.05) is 38.3 Å². The second-order valence-corrected chi connectivity index (χ2v) is 12.0. The molecule has 35 heavy (non-hydrogen) atoms. The minimum absolute atomic E-state index is 0.0678. The second-order valence-electron chi connectivity index (χ2n) is 9.77. The van der Waals surface area contributed by atoms with Crippen molar-refractivity contribution in [1.29, 1.82) is 0 Å². The van der Waals surface area contributed by atoms with Crippen molar-refractivity contribution in [3.05, 3.63) is 77.0 Å². The lowest BCUT2D eigenvalue weighted by molar-refractivity contribution is 0.0621. The summed E-state index contributed by atoms with van der Waals surface area (Å²) in [6, 6.07) is 18.1. The Morgan fingerprint density at radius 3 is 2.37 bits per heavy atom. The Balaban J connectivity index is 1.36. The van der Waals surface area contributed by atoms with Crippen molar-refractivity contribution in [1.82, 2.24) is 19.6 Å². The van der Waals surface area contributed by atoms with Crippen LogP contribution in [0.2, 0.25) is 0 Å². The second kappa shape index (κ2) is 9.59. The SMILES string of the molecule is Cc1ccc(-c2cc(C(=O)N3CCN(Cc4ccccc4)CC3)nn2[C@@H]2CCS(=O)(=O)C2)cc1C. The van der Waals surface area contributed by atoms with Crippen LogP contribution in [0.3, 0.4) is 0 Å². The van der Waals surface area contributed by atoms with E-state index in [1.54, 1.807) is 4.68 Å². The molecule has 2 aliphatic rings.